The summed E-state index contributed by atoms with van der Waals surface area (Å²) >= 11 is 0. The van der Waals surface area contributed by atoms with Crippen LogP contribution in [-0.2, 0) is 9.59 Å². The molecular weight excluding hydrogens is 356 g/mol. The predicted octanol–water partition coefficient (Wildman–Crippen LogP) is 2.73. The fourth-order valence-electron chi connectivity index (χ4n) is 4.56. The van der Waals surface area contributed by atoms with E-state index in [2.05, 4.69) is 22.5 Å². The van der Waals surface area contributed by atoms with Crippen LogP contribution < -0.4 is 15.5 Å². The van der Waals surface area contributed by atoms with Crippen LogP contribution in [0.3, 0.4) is 0 Å². The van der Waals surface area contributed by atoms with Gasteiger partial charge in [-0.2, -0.15) is 0 Å². The number of hydrogen-bond donors (Lipinski definition) is 2. The molecule has 0 bridgehead atoms. The highest BCUT2D eigenvalue weighted by Crippen LogP contribution is 2.36. The van der Waals surface area contributed by atoms with Gasteiger partial charge in [-0.3, -0.25) is 14.5 Å². The molecule has 7 heteroatoms. The van der Waals surface area contributed by atoms with Gasteiger partial charge in [-0.1, -0.05) is 19.1 Å². The molecule has 1 aromatic rings. The van der Waals surface area contributed by atoms with Crippen molar-refractivity contribution in [3.63, 3.8) is 0 Å². The number of para-hydroxylation sites is 2. The summed E-state index contributed by atoms with van der Waals surface area (Å²) in [7, 11) is 0. The Morgan fingerprint density at radius 3 is 2.57 bits per heavy atom. The average Bonchev–Trinajstić information content (AvgIpc) is 3.29. The summed E-state index contributed by atoms with van der Waals surface area (Å²) in [4.78, 5) is 41.3. The third-order valence-corrected chi connectivity index (χ3v) is 6.30. The molecule has 1 aromatic carbocycles. The molecule has 1 saturated carbocycles. The summed E-state index contributed by atoms with van der Waals surface area (Å²) in [6.45, 7) is 3.86. The Labute approximate surface area is 165 Å². The predicted molar refractivity (Wildman–Crippen MR) is 107 cm³/mol. The maximum Gasteiger partial charge on any atom is 0.325 e. The monoisotopic (exact) mass is 384 g/mol. The fraction of sp³-hybridized carbons (Fsp3) is 0.571. The Kier molecular flexibility index (Phi) is 5.00. The smallest absolute Gasteiger partial charge is 0.325 e. The van der Waals surface area contributed by atoms with Crippen LogP contribution in [0.4, 0.5) is 16.2 Å². The van der Waals surface area contributed by atoms with Gasteiger partial charge < -0.3 is 15.5 Å². The molecule has 1 spiro atoms. The Bertz CT molecular complexity index is 780. The minimum Gasteiger partial charge on any atom is -0.370 e. The molecule has 2 N–H and O–H groups in total. The largest absolute Gasteiger partial charge is 0.370 e. The van der Waals surface area contributed by atoms with E-state index in [1.807, 2.05) is 24.3 Å². The van der Waals surface area contributed by atoms with Gasteiger partial charge in [0.1, 0.15) is 12.1 Å². The second kappa shape index (κ2) is 7.45. The van der Waals surface area contributed by atoms with E-state index >= 15 is 0 Å². The van der Waals surface area contributed by atoms with Crippen LogP contribution in [0.15, 0.2) is 24.3 Å². The molecule has 28 heavy (non-hydrogen) atoms. The Balaban J connectivity index is 1.43. The van der Waals surface area contributed by atoms with Crippen LogP contribution in [0.5, 0.6) is 0 Å². The van der Waals surface area contributed by atoms with Gasteiger partial charge in [-0.05, 0) is 56.6 Å². The summed E-state index contributed by atoms with van der Waals surface area (Å²) < 4.78 is 0. The zero-order chi connectivity index (χ0) is 19.7. The molecular formula is C21H28N4O3. The highest BCUT2D eigenvalue weighted by atomic mass is 16.2. The average molecular weight is 384 g/mol. The molecule has 4 amide bonds. The van der Waals surface area contributed by atoms with E-state index < -0.39 is 11.6 Å². The van der Waals surface area contributed by atoms with E-state index in [0.29, 0.717) is 18.8 Å². The zero-order valence-corrected chi connectivity index (χ0v) is 16.4. The van der Waals surface area contributed by atoms with E-state index in [0.717, 1.165) is 55.0 Å². The van der Waals surface area contributed by atoms with E-state index in [-0.39, 0.29) is 18.4 Å². The number of imide groups is 1. The first-order valence-electron chi connectivity index (χ1n) is 10.3. The van der Waals surface area contributed by atoms with Gasteiger partial charge >= 0.3 is 6.03 Å². The summed E-state index contributed by atoms with van der Waals surface area (Å²) in [5.74, 6) is -0.0430. The summed E-state index contributed by atoms with van der Waals surface area (Å²) in [6.07, 6.45) is 5.41. The van der Waals surface area contributed by atoms with Crippen molar-refractivity contribution < 1.29 is 14.4 Å². The van der Waals surface area contributed by atoms with Crippen LogP contribution in [-0.4, -0.2) is 47.9 Å². The SMILES string of the molecule is CC1CCC2(CC1)NC(=O)N(CC(=O)Nc1ccccc1N1CCCC1)C2=O. The van der Waals surface area contributed by atoms with Crippen molar-refractivity contribution in [1.29, 1.82) is 0 Å². The number of hydrogen-bond acceptors (Lipinski definition) is 4. The van der Waals surface area contributed by atoms with Gasteiger partial charge in [0.25, 0.3) is 5.91 Å². The molecule has 3 fully saturated rings. The van der Waals surface area contributed by atoms with Crippen LogP contribution in [0.2, 0.25) is 0 Å². The molecule has 4 rings (SSSR count). The van der Waals surface area contributed by atoms with Crippen molar-refractivity contribution >= 4 is 29.2 Å². The number of nitrogens with one attached hydrogen (secondary N) is 2. The third-order valence-electron chi connectivity index (χ3n) is 6.30. The number of benzene rings is 1. The number of urea groups is 1. The number of rotatable bonds is 4. The first-order chi connectivity index (χ1) is 13.5. The number of carbonyl (C=O) groups is 3. The quantitative estimate of drug-likeness (QED) is 0.782. The maximum atomic E-state index is 12.9. The molecule has 2 aliphatic heterocycles. The van der Waals surface area contributed by atoms with Crippen molar-refractivity contribution in [2.45, 2.75) is 51.0 Å². The van der Waals surface area contributed by atoms with Gasteiger partial charge in [-0.25, -0.2) is 4.79 Å². The second-order valence-corrected chi connectivity index (χ2v) is 8.35. The van der Waals surface area contributed by atoms with E-state index in [1.54, 1.807) is 0 Å². The minimum atomic E-state index is -0.808. The van der Waals surface area contributed by atoms with Gasteiger partial charge in [0.05, 0.1) is 11.4 Å². The number of carbonyl (C=O) groups excluding carboxylic acids is 3. The molecule has 0 aromatic heterocycles. The summed E-state index contributed by atoms with van der Waals surface area (Å²) in [5.41, 5.74) is 0.906. The minimum absolute atomic E-state index is 0.254. The van der Waals surface area contributed by atoms with E-state index in [9.17, 15) is 14.4 Å². The van der Waals surface area contributed by atoms with E-state index in [4.69, 9.17) is 0 Å². The number of amides is 4. The Hall–Kier alpha value is -2.57. The lowest BCUT2D eigenvalue weighted by atomic mass is 9.77. The number of nitrogens with zero attached hydrogens (tertiary/aromatic N) is 2. The molecule has 3 aliphatic rings. The van der Waals surface area contributed by atoms with Gasteiger partial charge in [-0.15, -0.1) is 0 Å². The standard InChI is InChI=1S/C21H28N4O3/c1-15-8-10-21(11-9-15)19(27)25(20(28)23-21)14-18(26)22-16-6-2-3-7-17(16)24-12-4-5-13-24/h2-3,6-7,15H,4-5,8-14H2,1H3,(H,22,26)(H,23,28). The van der Waals surface area contributed by atoms with Gasteiger partial charge in [0.2, 0.25) is 5.91 Å². The van der Waals surface area contributed by atoms with Crippen molar-refractivity contribution in [2.75, 3.05) is 29.9 Å². The highest BCUT2D eigenvalue weighted by molar-refractivity contribution is 6.10. The number of anilines is 2. The third kappa shape index (κ3) is 3.45. The molecule has 7 nitrogen and oxygen atoms in total. The van der Waals surface area contributed by atoms with Crippen LogP contribution >= 0.6 is 0 Å². The molecule has 2 heterocycles. The molecule has 1 aliphatic carbocycles. The lowest BCUT2D eigenvalue weighted by Crippen LogP contribution is -2.49. The normalized spacial score (nSPS) is 27.4. The Morgan fingerprint density at radius 1 is 1.18 bits per heavy atom. The summed E-state index contributed by atoms with van der Waals surface area (Å²) in [6, 6.07) is 7.23. The first kappa shape index (κ1) is 18.8. The fourth-order valence-corrected chi connectivity index (χ4v) is 4.56. The lowest BCUT2D eigenvalue weighted by molar-refractivity contribution is -0.135. The van der Waals surface area contributed by atoms with Crippen LogP contribution in [0.25, 0.3) is 0 Å². The molecule has 150 valence electrons. The molecule has 0 unspecified atom stereocenters. The first-order valence-corrected chi connectivity index (χ1v) is 10.3. The lowest BCUT2D eigenvalue weighted by Gasteiger charge is -2.33. The zero-order valence-electron chi connectivity index (χ0n) is 16.4. The van der Waals surface area contributed by atoms with Crippen molar-refractivity contribution in [2.24, 2.45) is 5.92 Å². The van der Waals surface area contributed by atoms with Gasteiger partial charge in [0, 0.05) is 13.1 Å². The van der Waals surface area contributed by atoms with Crippen LogP contribution in [0.1, 0.15) is 45.4 Å². The highest BCUT2D eigenvalue weighted by Gasteiger charge is 2.52. The van der Waals surface area contributed by atoms with Crippen LogP contribution in [0, 0.1) is 5.92 Å². The summed E-state index contributed by atoms with van der Waals surface area (Å²) in [5, 5.41) is 5.76. The molecule has 2 saturated heterocycles. The second-order valence-electron chi connectivity index (χ2n) is 8.35. The Morgan fingerprint density at radius 2 is 1.86 bits per heavy atom. The van der Waals surface area contributed by atoms with E-state index in [1.165, 1.54) is 0 Å². The topological polar surface area (TPSA) is 81.8 Å². The van der Waals surface area contributed by atoms with Gasteiger partial charge in [0.15, 0.2) is 0 Å². The van der Waals surface area contributed by atoms with Crippen molar-refractivity contribution in [3.8, 4) is 0 Å². The maximum absolute atomic E-state index is 12.9. The van der Waals surface area contributed by atoms with Crippen molar-refractivity contribution in [3.05, 3.63) is 24.3 Å². The molecule has 0 radical (unpaired) electrons. The van der Waals surface area contributed by atoms with Crippen molar-refractivity contribution in [1.82, 2.24) is 10.2 Å². The molecule has 0 atom stereocenters.